The molecule has 0 saturated heterocycles. The highest BCUT2D eigenvalue weighted by molar-refractivity contribution is 9.10. The lowest BCUT2D eigenvalue weighted by atomic mass is 10.0. The molecule has 0 bridgehead atoms. The molecular weight excluding hydrogens is 382 g/mol. The number of nitrogens with one attached hydrogen (secondary N) is 1. The van der Waals surface area contributed by atoms with Crippen molar-refractivity contribution in [2.45, 2.75) is 12.5 Å². The van der Waals surface area contributed by atoms with Crippen molar-refractivity contribution < 1.29 is 9.59 Å². The Morgan fingerprint density at radius 2 is 1.84 bits per heavy atom. The summed E-state index contributed by atoms with van der Waals surface area (Å²) in [6, 6.07) is 15.8. The van der Waals surface area contributed by atoms with Crippen LogP contribution in [0.25, 0.3) is 10.8 Å². The molecule has 0 unspecified atom stereocenters. The summed E-state index contributed by atoms with van der Waals surface area (Å²) in [5.41, 5.74) is 6.79. The number of benzene rings is 2. The fourth-order valence-corrected chi connectivity index (χ4v) is 3.09. The molecule has 0 fully saturated rings. The first-order valence-corrected chi connectivity index (χ1v) is 8.53. The summed E-state index contributed by atoms with van der Waals surface area (Å²) in [7, 11) is 0. The average Bonchev–Trinajstić information content (AvgIpc) is 2.62. The number of halogens is 1. The molecule has 1 aromatic heterocycles. The highest BCUT2D eigenvalue weighted by Crippen LogP contribution is 2.19. The van der Waals surface area contributed by atoms with Gasteiger partial charge in [-0.25, -0.2) is 4.98 Å². The molecule has 0 spiro atoms. The highest BCUT2D eigenvalue weighted by atomic mass is 79.9. The zero-order valence-corrected chi connectivity index (χ0v) is 14.9. The fraction of sp³-hybridized carbons (Fsp3) is 0.105. The van der Waals surface area contributed by atoms with E-state index in [-0.39, 0.29) is 12.3 Å². The van der Waals surface area contributed by atoms with Crippen molar-refractivity contribution in [3.05, 3.63) is 76.5 Å². The normalized spacial score (nSPS) is 11.9. The molecule has 3 rings (SSSR count). The van der Waals surface area contributed by atoms with Crippen LogP contribution in [-0.2, 0) is 11.2 Å². The van der Waals surface area contributed by atoms with Gasteiger partial charge in [0, 0.05) is 18.2 Å². The minimum atomic E-state index is -0.827. The minimum Gasteiger partial charge on any atom is -0.368 e. The van der Waals surface area contributed by atoms with E-state index in [4.69, 9.17) is 5.73 Å². The summed E-state index contributed by atoms with van der Waals surface area (Å²) in [6.45, 7) is 0. The maximum atomic E-state index is 12.7. The number of pyridine rings is 1. The van der Waals surface area contributed by atoms with E-state index in [0.29, 0.717) is 10.2 Å². The summed E-state index contributed by atoms with van der Waals surface area (Å²) >= 11 is 3.34. The van der Waals surface area contributed by atoms with E-state index in [2.05, 4.69) is 26.2 Å². The summed E-state index contributed by atoms with van der Waals surface area (Å²) in [5.74, 6) is -0.926. The minimum absolute atomic E-state index is 0.264. The molecule has 1 heterocycles. The van der Waals surface area contributed by atoms with Crippen LogP contribution in [-0.4, -0.2) is 22.8 Å². The van der Waals surface area contributed by atoms with Gasteiger partial charge in [-0.15, -0.1) is 0 Å². The number of rotatable bonds is 5. The summed E-state index contributed by atoms with van der Waals surface area (Å²) in [4.78, 5) is 28.6. The smallest absolute Gasteiger partial charge is 0.252 e. The second kappa shape index (κ2) is 7.44. The average molecular weight is 398 g/mol. The van der Waals surface area contributed by atoms with Crippen LogP contribution in [0.5, 0.6) is 0 Å². The molecule has 0 radical (unpaired) electrons. The Kier molecular flexibility index (Phi) is 5.09. The molecule has 0 aliphatic carbocycles. The van der Waals surface area contributed by atoms with Gasteiger partial charge in [-0.3, -0.25) is 9.59 Å². The van der Waals surface area contributed by atoms with Crippen molar-refractivity contribution in [3.63, 3.8) is 0 Å². The number of primary amides is 1. The van der Waals surface area contributed by atoms with Gasteiger partial charge in [-0.05, 0) is 44.4 Å². The van der Waals surface area contributed by atoms with E-state index in [1.54, 1.807) is 18.3 Å². The Labute approximate surface area is 153 Å². The maximum absolute atomic E-state index is 12.7. The fourth-order valence-electron chi connectivity index (χ4n) is 2.67. The second-order valence-corrected chi connectivity index (χ2v) is 6.36. The van der Waals surface area contributed by atoms with Crippen LogP contribution in [0.1, 0.15) is 15.9 Å². The third kappa shape index (κ3) is 3.85. The number of carbonyl (C=O) groups excluding carboxylic acids is 2. The van der Waals surface area contributed by atoms with Crippen LogP contribution in [0.4, 0.5) is 0 Å². The van der Waals surface area contributed by atoms with E-state index >= 15 is 0 Å². The van der Waals surface area contributed by atoms with Gasteiger partial charge in [-0.2, -0.15) is 0 Å². The Morgan fingerprint density at radius 1 is 1.08 bits per heavy atom. The molecule has 5 nitrogen and oxygen atoms in total. The van der Waals surface area contributed by atoms with Crippen LogP contribution in [0.15, 0.2) is 65.4 Å². The zero-order chi connectivity index (χ0) is 17.8. The number of hydrogen-bond donors (Lipinski definition) is 2. The monoisotopic (exact) mass is 397 g/mol. The van der Waals surface area contributed by atoms with E-state index in [1.807, 2.05) is 42.5 Å². The largest absolute Gasteiger partial charge is 0.368 e. The van der Waals surface area contributed by atoms with Gasteiger partial charge in [-0.1, -0.05) is 42.5 Å². The first kappa shape index (κ1) is 17.1. The van der Waals surface area contributed by atoms with Gasteiger partial charge >= 0.3 is 0 Å². The SMILES string of the molecule is NC(=O)[C@@H](Cc1cccnc1Br)NC(=O)c1cccc2ccccc12. The Morgan fingerprint density at radius 3 is 2.60 bits per heavy atom. The van der Waals surface area contributed by atoms with E-state index < -0.39 is 11.9 Å². The molecule has 0 aliphatic heterocycles. The lowest BCUT2D eigenvalue weighted by Crippen LogP contribution is -2.46. The number of carbonyl (C=O) groups is 2. The molecule has 3 aromatic rings. The van der Waals surface area contributed by atoms with Crippen LogP contribution < -0.4 is 11.1 Å². The van der Waals surface area contributed by atoms with Gasteiger partial charge in [0.05, 0.1) is 0 Å². The van der Waals surface area contributed by atoms with Crippen LogP contribution in [0, 0.1) is 0 Å². The molecule has 25 heavy (non-hydrogen) atoms. The Bertz CT molecular complexity index is 937. The number of amides is 2. The van der Waals surface area contributed by atoms with Gasteiger partial charge in [0.15, 0.2) is 0 Å². The van der Waals surface area contributed by atoms with Crippen LogP contribution in [0.2, 0.25) is 0 Å². The van der Waals surface area contributed by atoms with Gasteiger partial charge < -0.3 is 11.1 Å². The van der Waals surface area contributed by atoms with E-state index in [1.165, 1.54) is 0 Å². The van der Waals surface area contributed by atoms with E-state index in [0.717, 1.165) is 16.3 Å². The topological polar surface area (TPSA) is 85.1 Å². The first-order chi connectivity index (χ1) is 12.1. The maximum Gasteiger partial charge on any atom is 0.252 e. The number of aromatic nitrogens is 1. The van der Waals surface area contributed by atoms with Crippen molar-refractivity contribution >= 4 is 38.5 Å². The van der Waals surface area contributed by atoms with Crippen LogP contribution in [0.3, 0.4) is 0 Å². The molecule has 6 heteroatoms. The molecule has 126 valence electrons. The molecule has 1 atom stereocenters. The standard InChI is InChI=1S/C19H16BrN3O2/c20-17-13(7-4-10-22-17)11-16(18(21)24)23-19(25)15-9-3-6-12-5-1-2-8-14(12)15/h1-10,16H,11H2,(H2,21,24)(H,23,25)/t16-/m1/s1. The van der Waals surface area contributed by atoms with Crippen molar-refractivity contribution in [1.82, 2.24) is 10.3 Å². The van der Waals surface area contributed by atoms with Crippen molar-refractivity contribution in [2.75, 3.05) is 0 Å². The third-order valence-corrected chi connectivity index (χ3v) is 4.66. The molecule has 0 saturated carbocycles. The number of hydrogen-bond acceptors (Lipinski definition) is 3. The second-order valence-electron chi connectivity index (χ2n) is 5.61. The van der Waals surface area contributed by atoms with Crippen molar-refractivity contribution in [2.24, 2.45) is 5.73 Å². The Balaban J connectivity index is 1.86. The molecule has 2 aromatic carbocycles. The van der Waals surface area contributed by atoms with Crippen molar-refractivity contribution in [1.29, 1.82) is 0 Å². The first-order valence-electron chi connectivity index (χ1n) is 7.73. The predicted molar refractivity (Wildman–Crippen MR) is 100 cm³/mol. The van der Waals surface area contributed by atoms with E-state index in [9.17, 15) is 9.59 Å². The van der Waals surface area contributed by atoms with Gasteiger partial charge in [0.1, 0.15) is 10.6 Å². The molecular formula is C19H16BrN3O2. The molecule has 0 aliphatic rings. The Hall–Kier alpha value is -2.73. The highest BCUT2D eigenvalue weighted by Gasteiger charge is 2.21. The van der Waals surface area contributed by atoms with Crippen molar-refractivity contribution in [3.8, 4) is 0 Å². The number of nitrogens with two attached hydrogens (primary N) is 1. The molecule has 2 amide bonds. The van der Waals surface area contributed by atoms with Gasteiger partial charge in [0.2, 0.25) is 5.91 Å². The quantitative estimate of drug-likeness (QED) is 0.649. The summed E-state index contributed by atoms with van der Waals surface area (Å²) in [6.07, 6.45) is 1.90. The summed E-state index contributed by atoms with van der Waals surface area (Å²) < 4.78 is 0.626. The third-order valence-electron chi connectivity index (χ3n) is 3.94. The lowest BCUT2D eigenvalue weighted by molar-refractivity contribution is -0.119. The van der Waals surface area contributed by atoms with Gasteiger partial charge in [0.25, 0.3) is 5.91 Å². The summed E-state index contributed by atoms with van der Waals surface area (Å²) in [5, 5.41) is 4.52. The number of fused-ring (bicyclic) bond motifs is 1. The van der Waals surface area contributed by atoms with Crippen LogP contribution >= 0.6 is 15.9 Å². The molecule has 3 N–H and O–H groups in total. The lowest BCUT2D eigenvalue weighted by Gasteiger charge is -2.17. The number of nitrogens with zero attached hydrogens (tertiary/aromatic N) is 1. The predicted octanol–water partition coefficient (Wildman–Crippen LogP) is 2.82. The zero-order valence-electron chi connectivity index (χ0n) is 13.3.